The van der Waals surface area contributed by atoms with Crippen molar-refractivity contribution >= 4 is 27.1 Å². The molecule has 1 unspecified atom stereocenters. The van der Waals surface area contributed by atoms with Crippen molar-refractivity contribution in [1.29, 1.82) is 0 Å². The number of nitrogens with zero attached hydrogens (tertiary/aromatic N) is 1. The van der Waals surface area contributed by atoms with Crippen molar-refractivity contribution < 1.29 is 27.1 Å². The smallest absolute Gasteiger partial charge is 0.417 e. The van der Waals surface area contributed by atoms with Gasteiger partial charge in [0.1, 0.15) is 10.7 Å². The lowest BCUT2D eigenvalue weighted by atomic mass is 10.0. The van der Waals surface area contributed by atoms with E-state index in [0.717, 1.165) is 16.4 Å². The van der Waals surface area contributed by atoms with Crippen LogP contribution in [-0.2, 0) is 14.8 Å². The maximum atomic E-state index is 14.1. The summed E-state index contributed by atoms with van der Waals surface area (Å²) in [6, 6.07) is 1.80. The summed E-state index contributed by atoms with van der Waals surface area (Å²) in [4.78, 5) is 23.8. The summed E-state index contributed by atoms with van der Waals surface area (Å²) in [5, 5.41) is 9.04. The number of fused-ring (bicyclic) bond motifs is 1. The number of hydrogen-bond acceptors (Lipinski definition) is 5. The Hall–Kier alpha value is -2.20. The van der Waals surface area contributed by atoms with Crippen LogP contribution in [0.25, 0.3) is 11.1 Å². The molecule has 3 rings (SSSR count). The molecule has 23 heavy (non-hydrogen) atoms. The van der Waals surface area contributed by atoms with Crippen molar-refractivity contribution in [1.82, 2.24) is 9.29 Å². The van der Waals surface area contributed by atoms with Gasteiger partial charge < -0.3 is 9.52 Å². The lowest BCUT2D eigenvalue weighted by Crippen LogP contribution is -2.42. The van der Waals surface area contributed by atoms with Gasteiger partial charge in [0.05, 0.1) is 11.4 Å². The van der Waals surface area contributed by atoms with Crippen LogP contribution in [0.5, 0.6) is 0 Å². The van der Waals surface area contributed by atoms with Gasteiger partial charge in [-0.3, -0.25) is 9.78 Å². The molecule has 1 aromatic heterocycles. The van der Waals surface area contributed by atoms with Gasteiger partial charge in [-0.05, 0) is 12.8 Å². The number of benzene rings is 1. The first-order chi connectivity index (χ1) is 10.8. The normalized spacial score (nSPS) is 20.0. The van der Waals surface area contributed by atoms with E-state index in [4.69, 9.17) is 9.52 Å². The van der Waals surface area contributed by atoms with Gasteiger partial charge in [0, 0.05) is 25.2 Å². The van der Waals surface area contributed by atoms with E-state index in [2.05, 4.69) is 4.98 Å². The van der Waals surface area contributed by atoms with Crippen molar-refractivity contribution in [3.63, 3.8) is 0 Å². The van der Waals surface area contributed by atoms with Gasteiger partial charge in [-0.2, -0.15) is 4.31 Å². The molecule has 0 bridgehead atoms. The van der Waals surface area contributed by atoms with Crippen LogP contribution < -0.4 is 5.76 Å². The van der Waals surface area contributed by atoms with Gasteiger partial charge in [-0.15, -0.1) is 0 Å². The van der Waals surface area contributed by atoms with Gasteiger partial charge >= 0.3 is 11.7 Å². The number of nitrogens with one attached hydrogen (secondary N) is 1. The van der Waals surface area contributed by atoms with Crippen molar-refractivity contribution in [2.45, 2.75) is 17.7 Å². The zero-order chi connectivity index (χ0) is 16.8. The molecule has 1 fully saturated rings. The number of carboxylic acid groups (broad SMARTS) is 1. The molecule has 0 saturated carbocycles. The van der Waals surface area contributed by atoms with E-state index in [0.29, 0.717) is 12.8 Å². The fourth-order valence-electron chi connectivity index (χ4n) is 2.65. The molecule has 1 aliphatic rings. The van der Waals surface area contributed by atoms with Gasteiger partial charge in [0.25, 0.3) is 0 Å². The highest BCUT2D eigenvalue weighted by Crippen LogP contribution is 2.27. The Morgan fingerprint density at radius 1 is 1.43 bits per heavy atom. The predicted molar refractivity (Wildman–Crippen MR) is 75.9 cm³/mol. The maximum absolute atomic E-state index is 14.1. The fraction of sp³-hybridized carbons (Fsp3) is 0.385. The fourth-order valence-corrected chi connectivity index (χ4v) is 4.24. The summed E-state index contributed by atoms with van der Waals surface area (Å²) >= 11 is 0. The van der Waals surface area contributed by atoms with E-state index in [9.17, 15) is 22.4 Å². The molecule has 2 heterocycles. The Bertz CT molecular complexity index is 932. The zero-order valence-electron chi connectivity index (χ0n) is 11.8. The molecule has 1 aliphatic heterocycles. The second-order valence-electron chi connectivity index (χ2n) is 5.33. The molecule has 1 saturated heterocycles. The van der Waals surface area contributed by atoms with Crippen LogP contribution in [0.4, 0.5) is 4.39 Å². The Morgan fingerprint density at radius 2 is 2.17 bits per heavy atom. The summed E-state index contributed by atoms with van der Waals surface area (Å²) < 4.78 is 45.0. The second kappa shape index (κ2) is 5.46. The summed E-state index contributed by atoms with van der Waals surface area (Å²) in [6.07, 6.45) is 0.745. The third-order valence-corrected chi connectivity index (χ3v) is 5.70. The predicted octanol–water partition coefficient (Wildman–Crippen LogP) is 0.746. The number of halogens is 1. The molecule has 124 valence electrons. The average molecular weight is 344 g/mol. The molecular weight excluding hydrogens is 331 g/mol. The number of carboxylic acids is 1. The molecule has 0 amide bonds. The lowest BCUT2D eigenvalue weighted by molar-refractivity contribution is -0.142. The van der Waals surface area contributed by atoms with Gasteiger partial charge in [-0.1, -0.05) is 0 Å². The summed E-state index contributed by atoms with van der Waals surface area (Å²) in [6.45, 7) is -0.104. The highest BCUT2D eigenvalue weighted by Gasteiger charge is 2.35. The number of carbonyl (C=O) groups is 1. The third kappa shape index (κ3) is 2.75. The van der Waals surface area contributed by atoms with E-state index in [1.807, 2.05) is 0 Å². The van der Waals surface area contributed by atoms with Gasteiger partial charge in [-0.25, -0.2) is 17.6 Å². The molecular formula is C13H13FN2O6S. The summed E-state index contributed by atoms with van der Waals surface area (Å²) in [5.74, 6) is -3.77. The van der Waals surface area contributed by atoms with Crippen LogP contribution in [0.15, 0.2) is 26.2 Å². The highest BCUT2D eigenvalue weighted by molar-refractivity contribution is 7.89. The Morgan fingerprint density at radius 3 is 2.87 bits per heavy atom. The molecule has 2 aromatic rings. The number of piperidine rings is 1. The number of sulfonamides is 1. The Balaban J connectivity index is 2.03. The van der Waals surface area contributed by atoms with Crippen LogP contribution in [-0.4, -0.2) is 41.9 Å². The number of oxazole rings is 1. The standard InChI is InChI=1S/C13H13FN2O6S/c14-8-4-9-10(22-13(19)15-9)5-11(8)23(20,21)16-3-1-2-7(6-16)12(17)18/h4-5,7H,1-3,6H2,(H,15,19)(H,17,18). The Kier molecular flexibility index (Phi) is 3.72. The number of H-pyrrole nitrogens is 1. The monoisotopic (exact) mass is 344 g/mol. The highest BCUT2D eigenvalue weighted by atomic mass is 32.2. The van der Waals surface area contributed by atoms with Gasteiger partial charge in [0.15, 0.2) is 5.58 Å². The number of aromatic nitrogens is 1. The molecule has 8 nitrogen and oxygen atoms in total. The van der Waals surface area contributed by atoms with Crippen LogP contribution in [0.1, 0.15) is 12.8 Å². The molecule has 0 spiro atoms. The molecule has 1 atom stereocenters. The largest absolute Gasteiger partial charge is 0.481 e. The molecule has 2 N–H and O–H groups in total. The van der Waals surface area contributed by atoms with E-state index >= 15 is 0 Å². The first-order valence-electron chi connectivity index (χ1n) is 6.84. The number of hydrogen-bond donors (Lipinski definition) is 2. The number of aromatic amines is 1. The van der Waals surface area contributed by atoms with Crippen LogP contribution in [0.2, 0.25) is 0 Å². The molecule has 1 aromatic carbocycles. The zero-order valence-corrected chi connectivity index (χ0v) is 12.6. The third-order valence-electron chi connectivity index (χ3n) is 3.82. The van der Waals surface area contributed by atoms with Crippen molar-refractivity contribution in [2.75, 3.05) is 13.1 Å². The second-order valence-corrected chi connectivity index (χ2v) is 7.24. The van der Waals surface area contributed by atoms with Crippen molar-refractivity contribution in [3.05, 3.63) is 28.5 Å². The molecule has 0 aliphatic carbocycles. The minimum Gasteiger partial charge on any atom is -0.481 e. The maximum Gasteiger partial charge on any atom is 0.417 e. The van der Waals surface area contributed by atoms with E-state index in [-0.39, 0.29) is 24.2 Å². The summed E-state index contributed by atoms with van der Waals surface area (Å²) in [7, 11) is -4.22. The van der Waals surface area contributed by atoms with Crippen molar-refractivity contribution in [3.8, 4) is 0 Å². The van der Waals surface area contributed by atoms with Crippen LogP contribution in [0.3, 0.4) is 0 Å². The first-order valence-corrected chi connectivity index (χ1v) is 8.28. The SMILES string of the molecule is O=C(O)C1CCCN(S(=O)(=O)c2cc3oc(=O)[nH]c3cc2F)C1. The topological polar surface area (TPSA) is 121 Å². The minimum absolute atomic E-state index is 0.0495. The Labute approximate surface area is 129 Å². The number of rotatable bonds is 3. The van der Waals surface area contributed by atoms with Crippen LogP contribution in [0, 0.1) is 11.7 Å². The first kappa shape index (κ1) is 15.7. The summed E-state index contributed by atoms with van der Waals surface area (Å²) in [5.41, 5.74) is -0.0322. The van der Waals surface area contributed by atoms with Gasteiger partial charge in [0.2, 0.25) is 10.0 Å². The van der Waals surface area contributed by atoms with E-state index < -0.39 is 38.4 Å². The number of aliphatic carboxylic acids is 1. The molecule has 0 radical (unpaired) electrons. The van der Waals surface area contributed by atoms with E-state index in [1.54, 1.807) is 0 Å². The lowest BCUT2D eigenvalue weighted by Gasteiger charge is -2.29. The molecule has 10 heteroatoms. The minimum atomic E-state index is -4.22. The average Bonchev–Trinajstić information content (AvgIpc) is 2.85. The van der Waals surface area contributed by atoms with Crippen LogP contribution >= 0.6 is 0 Å². The quantitative estimate of drug-likeness (QED) is 0.847. The van der Waals surface area contributed by atoms with E-state index in [1.165, 1.54) is 0 Å². The van der Waals surface area contributed by atoms with Crippen molar-refractivity contribution in [2.24, 2.45) is 5.92 Å².